The molecule has 3 aromatic carbocycles. The molecule has 1 aliphatic heterocycles. The highest BCUT2D eigenvalue weighted by Gasteiger charge is 2.16. The van der Waals surface area contributed by atoms with Gasteiger partial charge in [-0.25, -0.2) is 0 Å². The molecule has 0 saturated carbocycles. The molecular weight excluding hydrogens is 368 g/mol. The lowest BCUT2D eigenvalue weighted by Crippen LogP contribution is -2.43. The molecule has 0 aliphatic carbocycles. The maximum atomic E-state index is 4.73. The van der Waals surface area contributed by atoms with Crippen molar-refractivity contribution in [3.8, 4) is 0 Å². The zero-order valence-corrected chi connectivity index (χ0v) is 18.2. The van der Waals surface area contributed by atoms with Gasteiger partial charge in [0.2, 0.25) is 0 Å². The Morgan fingerprint density at radius 1 is 0.833 bits per heavy atom. The van der Waals surface area contributed by atoms with E-state index in [1.54, 1.807) is 0 Å². The van der Waals surface area contributed by atoms with Gasteiger partial charge in [-0.1, -0.05) is 54.6 Å². The van der Waals surface area contributed by atoms with Crippen LogP contribution in [0.25, 0.3) is 10.8 Å². The molecule has 3 aromatic rings. The van der Waals surface area contributed by atoms with Gasteiger partial charge in [0.25, 0.3) is 0 Å². The monoisotopic (exact) mass is 400 g/mol. The number of anilines is 1. The first-order valence-corrected chi connectivity index (χ1v) is 11.1. The lowest BCUT2D eigenvalue weighted by molar-refractivity contribution is 0.131. The van der Waals surface area contributed by atoms with E-state index in [9.17, 15) is 0 Å². The van der Waals surface area contributed by atoms with Gasteiger partial charge < -0.3 is 4.90 Å². The van der Waals surface area contributed by atoms with Crippen molar-refractivity contribution < 1.29 is 0 Å². The molecule has 156 valence electrons. The molecule has 0 unspecified atom stereocenters. The van der Waals surface area contributed by atoms with Crippen molar-refractivity contribution >= 4 is 22.7 Å². The summed E-state index contributed by atoms with van der Waals surface area (Å²) in [7, 11) is 0. The lowest BCUT2D eigenvalue weighted by atomic mass is 10.0. The minimum atomic E-state index is 0.971. The molecule has 0 aromatic heterocycles. The number of fused-ring (bicyclic) bond motifs is 1. The van der Waals surface area contributed by atoms with Crippen molar-refractivity contribution in [2.75, 3.05) is 44.2 Å². The summed E-state index contributed by atoms with van der Waals surface area (Å²) in [6.45, 7) is 11.5. The third-order valence-corrected chi connectivity index (χ3v) is 6.01. The third-order valence-electron chi connectivity index (χ3n) is 6.01. The Labute approximate surface area is 180 Å². The largest absolute Gasteiger partial charge is 0.372 e. The van der Waals surface area contributed by atoms with Crippen LogP contribution in [0.3, 0.4) is 0 Å². The van der Waals surface area contributed by atoms with Gasteiger partial charge in [-0.15, -0.1) is 0 Å². The average Bonchev–Trinajstić information content (AvgIpc) is 2.80. The second-order valence-electron chi connectivity index (χ2n) is 7.88. The minimum absolute atomic E-state index is 0.971. The third kappa shape index (κ3) is 4.82. The highest BCUT2D eigenvalue weighted by molar-refractivity contribution is 5.85. The summed E-state index contributed by atoms with van der Waals surface area (Å²) in [5.41, 5.74) is 3.85. The topological polar surface area (TPSA) is 22.1 Å². The standard InChI is InChI=1S/C26H32N4/c1-3-29(4-2)25-14-12-22(13-15-25)20-27-30-18-16-28(17-19-30)21-24-10-7-9-23-8-5-6-11-26(23)24/h5-15,20H,3-4,16-19,21H2,1-2H3/b27-20+. The number of nitrogens with zero attached hydrogens (tertiary/aromatic N) is 4. The number of hydrogen-bond acceptors (Lipinski definition) is 4. The molecule has 1 fully saturated rings. The zero-order chi connectivity index (χ0) is 20.8. The second kappa shape index (κ2) is 9.77. The summed E-state index contributed by atoms with van der Waals surface area (Å²) in [5, 5.41) is 9.61. The number of piperazine rings is 1. The molecule has 1 saturated heterocycles. The normalized spacial score (nSPS) is 15.2. The molecular formula is C26H32N4. The summed E-state index contributed by atoms with van der Waals surface area (Å²) in [6.07, 6.45) is 1.99. The molecule has 1 aliphatic rings. The van der Waals surface area contributed by atoms with Crippen LogP contribution in [0, 0.1) is 0 Å². The van der Waals surface area contributed by atoms with Gasteiger partial charge in [0.1, 0.15) is 0 Å². The zero-order valence-electron chi connectivity index (χ0n) is 18.2. The van der Waals surface area contributed by atoms with Gasteiger partial charge in [-0.3, -0.25) is 9.91 Å². The number of hydrazone groups is 1. The maximum Gasteiger partial charge on any atom is 0.0542 e. The molecule has 0 atom stereocenters. The van der Waals surface area contributed by atoms with Crippen LogP contribution < -0.4 is 4.90 Å². The van der Waals surface area contributed by atoms with E-state index in [0.717, 1.165) is 51.4 Å². The first-order chi connectivity index (χ1) is 14.8. The van der Waals surface area contributed by atoms with Gasteiger partial charge >= 0.3 is 0 Å². The summed E-state index contributed by atoms with van der Waals surface area (Å²) < 4.78 is 0. The molecule has 30 heavy (non-hydrogen) atoms. The Hall–Kier alpha value is -2.85. The van der Waals surface area contributed by atoms with E-state index in [1.165, 1.54) is 22.0 Å². The van der Waals surface area contributed by atoms with E-state index in [0.29, 0.717) is 0 Å². The van der Waals surface area contributed by atoms with Crippen LogP contribution in [0.15, 0.2) is 71.8 Å². The molecule has 4 heteroatoms. The Balaban J connectivity index is 1.31. The highest BCUT2D eigenvalue weighted by Crippen LogP contribution is 2.20. The van der Waals surface area contributed by atoms with Gasteiger partial charge in [0, 0.05) is 51.5 Å². The molecule has 0 amide bonds. The molecule has 1 heterocycles. The molecule has 0 bridgehead atoms. The van der Waals surface area contributed by atoms with Crippen molar-refractivity contribution in [1.29, 1.82) is 0 Å². The van der Waals surface area contributed by atoms with Crippen LogP contribution in [0.1, 0.15) is 25.0 Å². The molecule has 4 nitrogen and oxygen atoms in total. The Bertz CT molecular complexity index is 962. The van der Waals surface area contributed by atoms with E-state index in [4.69, 9.17) is 5.10 Å². The van der Waals surface area contributed by atoms with E-state index < -0.39 is 0 Å². The summed E-state index contributed by atoms with van der Waals surface area (Å²) in [6, 6.07) is 24.0. The quantitative estimate of drug-likeness (QED) is 0.530. The van der Waals surface area contributed by atoms with Crippen molar-refractivity contribution in [3.63, 3.8) is 0 Å². The van der Waals surface area contributed by atoms with Crippen LogP contribution in [0.4, 0.5) is 5.69 Å². The first kappa shape index (κ1) is 20.4. The van der Waals surface area contributed by atoms with Crippen molar-refractivity contribution in [2.24, 2.45) is 5.10 Å². The van der Waals surface area contributed by atoms with Crippen molar-refractivity contribution in [2.45, 2.75) is 20.4 Å². The fraction of sp³-hybridized carbons (Fsp3) is 0.346. The summed E-state index contributed by atoms with van der Waals surface area (Å²) >= 11 is 0. The Morgan fingerprint density at radius 3 is 2.27 bits per heavy atom. The Morgan fingerprint density at radius 2 is 1.53 bits per heavy atom. The predicted molar refractivity (Wildman–Crippen MR) is 128 cm³/mol. The maximum absolute atomic E-state index is 4.73. The summed E-state index contributed by atoms with van der Waals surface area (Å²) in [5.74, 6) is 0. The van der Waals surface area contributed by atoms with Crippen LogP contribution >= 0.6 is 0 Å². The van der Waals surface area contributed by atoms with Gasteiger partial charge in [-0.2, -0.15) is 5.10 Å². The number of benzene rings is 3. The van der Waals surface area contributed by atoms with Crippen molar-refractivity contribution in [3.05, 3.63) is 77.9 Å². The smallest absolute Gasteiger partial charge is 0.0542 e. The SMILES string of the molecule is CCN(CC)c1ccc(/C=N/N2CCN(Cc3cccc4ccccc34)CC2)cc1. The van der Waals surface area contributed by atoms with E-state index in [2.05, 4.69) is 95.4 Å². The van der Waals surface area contributed by atoms with Crippen LogP contribution in [0.5, 0.6) is 0 Å². The molecule has 0 N–H and O–H groups in total. The summed E-state index contributed by atoms with van der Waals surface area (Å²) in [4.78, 5) is 4.89. The number of hydrogen-bond donors (Lipinski definition) is 0. The van der Waals surface area contributed by atoms with E-state index in [-0.39, 0.29) is 0 Å². The average molecular weight is 401 g/mol. The van der Waals surface area contributed by atoms with Crippen molar-refractivity contribution in [1.82, 2.24) is 9.91 Å². The van der Waals surface area contributed by atoms with Crippen LogP contribution in [-0.2, 0) is 6.54 Å². The van der Waals surface area contributed by atoms with Crippen LogP contribution in [-0.4, -0.2) is 55.4 Å². The molecule has 4 rings (SSSR count). The lowest BCUT2D eigenvalue weighted by Gasteiger charge is -2.33. The molecule has 0 radical (unpaired) electrons. The second-order valence-corrected chi connectivity index (χ2v) is 7.88. The fourth-order valence-corrected chi connectivity index (χ4v) is 4.19. The van der Waals surface area contributed by atoms with E-state index in [1.807, 2.05) is 6.21 Å². The predicted octanol–water partition coefficient (Wildman–Crippen LogP) is 4.84. The molecule has 0 spiro atoms. The number of rotatable bonds is 7. The fourth-order valence-electron chi connectivity index (χ4n) is 4.19. The highest BCUT2D eigenvalue weighted by atomic mass is 15.5. The van der Waals surface area contributed by atoms with Gasteiger partial charge in [0.15, 0.2) is 0 Å². The minimum Gasteiger partial charge on any atom is -0.372 e. The van der Waals surface area contributed by atoms with Crippen LogP contribution in [0.2, 0.25) is 0 Å². The first-order valence-electron chi connectivity index (χ1n) is 11.1. The van der Waals surface area contributed by atoms with Gasteiger partial charge in [0.05, 0.1) is 6.21 Å². The van der Waals surface area contributed by atoms with E-state index >= 15 is 0 Å². The Kier molecular flexibility index (Phi) is 6.65. The van der Waals surface area contributed by atoms with Gasteiger partial charge in [-0.05, 0) is 47.9 Å².